The lowest BCUT2D eigenvalue weighted by Gasteiger charge is -2.12. The first-order chi connectivity index (χ1) is 7.49. The van der Waals surface area contributed by atoms with Gasteiger partial charge in [0.15, 0.2) is 0 Å². The van der Waals surface area contributed by atoms with Crippen molar-refractivity contribution in [1.29, 1.82) is 0 Å². The minimum Gasteiger partial charge on any atom is -0.383 e. The highest BCUT2D eigenvalue weighted by molar-refractivity contribution is 5.81. The van der Waals surface area contributed by atoms with Crippen LogP contribution in [0.3, 0.4) is 0 Å². The molecule has 1 aromatic carbocycles. The fourth-order valence-electron chi connectivity index (χ4n) is 1.40. The molecule has 5 heteroatoms. The van der Waals surface area contributed by atoms with Gasteiger partial charge in [-0.1, -0.05) is 13.8 Å². The van der Waals surface area contributed by atoms with Gasteiger partial charge in [0.05, 0.1) is 0 Å². The van der Waals surface area contributed by atoms with Gasteiger partial charge in [-0.25, -0.2) is 0 Å². The second-order valence-corrected chi connectivity index (χ2v) is 3.96. The molecule has 2 N–H and O–H groups in total. The Hall–Kier alpha value is -1.65. The number of Topliss-reactive ketones (excluding diaryl/α,β-unsaturated/α-hetero) is 1. The predicted molar refractivity (Wildman–Crippen MR) is 63.9 cm³/mol. The summed E-state index contributed by atoms with van der Waals surface area (Å²) in [4.78, 5) is 33.5. The standard InChI is InChI=1S/C11H16N2O3/c1-6(2)7(14)4-5-13-9-8(12-3)10(15)11(9)16/h6,12-13H,4-5H2,1-3H3. The lowest BCUT2D eigenvalue weighted by Crippen LogP contribution is -2.37. The van der Waals surface area contributed by atoms with E-state index in [1.807, 2.05) is 13.8 Å². The van der Waals surface area contributed by atoms with Crippen molar-refractivity contribution in [3.63, 3.8) is 0 Å². The largest absolute Gasteiger partial charge is 0.383 e. The molecule has 0 aromatic heterocycles. The van der Waals surface area contributed by atoms with Crippen molar-refractivity contribution < 1.29 is 4.79 Å². The Morgan fingerprint density at radius 3 is 2.25 bits per heavy atom. The van der Waals surface area contributed by atoms with E-state index in [2.05, 4.69) is 10.6 Å². The number of rotatable bonds is 6. The SMILES string of the molecule is CNc1c(NCCC(=O)C(C)C)c(=O)c1=O. The first-order valence-electron chi connectivity index (χ1n) is 5.26. The van der Waals surface area contributed by atoms with Gasteiger partial charge in [0.1, 0.15) is 17.2 Å². The summed E-state index contributed by atoms with van der Waals surface area (Å²) in [6, 6.07) is 0. The Balaban J connectivity index is 2.51. The molecule has 0 aliphatic rings. The molecule has 0 heterocycles. The highest BCUT2D eigenvalue weighted by Crippen LogP contribution is 2.13. The van der Waals surface area contributed by atoms with Crippen molar-refractivity contribution in [2.24, 2.45) is 5.92 Å². The van der Waals surface area contributed by atoms with Crippen LogP contribution in [0.2, 0.25) is 0 Å². The minimum atomic E-state index is -0.513. The van der Waals surface area contributed by atoms with Crippen LogP contribution in [-0.4, -0.2) is 19.4 Å². The Labute approximate surface area is 93.5 Å². The Bertz CT molecular complexity index is 456. The number of carbonyl (C=O) groups excluding carboxylic acids is 1. The summed E-state index contributed by atoms with van der Waals surface area (Å²) in [6.45, 7) is 4.05. The van der Waals surface area contributed by atoms with Crippen molar-refractivity contribution in [2.75, 3.05) is 24.2 Å². The molecule has 0 unspecified atom stereocenters. The molecule has 88 valence electrons. The summed E-state index contributed by atoms with van der Waals surface area (Å²) in [5.41, 5.74) is -0.410. The van der Waals surface area contributed by atoms with Gasteiger partial charge in [-0.3, -0.25) is 14.4 Å². The molecule has 0 aliphatic carbocycles. The smallest absolute Gasteiger partial charge is 0.253 e. The topological polar surface area (TPSA) is 75.3 Å². The first-order valence-corrected chi connectivity index (χ1v) is 5.26. The average molecular weight is 224 g/mol. The van der Waals surface area contributed by atoms with Gasteiger partial charge >= 0.3 is 0 Å². The second-order valence-electron chi connectivity index (χ2n) is 3.96. The summed E-state index contributed by atoms with van der Waals surface area (Å²) in [5, 5.41) is 5.47. The highest BCUT2D eigenvalue weighted by atomic mass is 16.2. The Morgan fingerprint density at radius 2 is 1.75 bits per heavy atom. The molecule has 0 aliphatic heterocycles. The van der Waals surface area contributed by atoms with Gasteiger partial charge in [0.25, 0.3) is 10.9 Å². The van der Waals surface area contributed by atoms with Crippen LogP contribution in [0.5, 0.6) is 0 Å². The number of hydrogen-bond donors (Lipinski definition) is 2. The van der Waals surface area contributed by atoms with E-state index >= 15 is 0 Å². The maximum absolute atomic E-state index is 11.3. The van der Waals surface area contributed by atoms with E-state index in [0.29, 0.717) is 24.3 Å². The van der Waals surface area contributed by atoms with Gasteiger partial charge < -0.3 is 10.6 Å². The van der Waals surface area contributed by atoms with Gasteiger partial charge in [0, 0.05) is 25.9 Å². The molecule has 1 aromatic rings. The lowest BCUT2D eigenvalue weighted by molar-refractivity contribution is -0.121. The van der Waals surface area contributed by atoms with Gasteiger partial charge in [-0.2, -0.15) is 0 Å². The zero-order valence-corrected chi connectivity index (χ0v) is 9.72. The summed E-state index contributed by atoms with van der Waals surface area (Å²) in [6.07, 6.45) is 0.361. The molecule has 16 heavy (non-hydrogen) atoms. The zero-order valence-electron chi connectivity index (χ0n) is 9.72. The third-order valence-electron chi connectivity index (χ3n) is 2.48. The van der Waals surface area contributed by atoms with E-state index in [9.17, 15) is 14.4 Å². The molecule has 0 radical (unpaired) electrons. The van der Waals surface area contributed by atoms with Gasteiger partial charge in [-0.15, -0.1) is 0 Å². The second kappa shape index (κ2) is 4.92. The molecule has 0 bridgehead atoms. The van der Waals surface area contributed by atoms with Crippen molar-refractivity contribution in [2.45, 2.75) is 20.3 Å². The van der Waals surface area contributed by atoms with E-state index in [0.717, 1.165) is 0 Å². The first kappa shape index (κ1) is 12.4. The Morgan fingerprint density at radius 1 is 1.19 bits per heavy atom. The fraction of sp³-hybridized carbons (Fsp3) is 0.545. The third-order valence-corrected chi connectivity index (χ3v) is 2.48. The number of nitrogens with one attached hydrogen (secondary N) is 2. The molecular weight excluding hydrogens is 208 g/mol. The summed E-state index contributed by atoms with van der Waals surface area (Å²) < 4.78 is 0. The molecular formula is C11H16N2O3. The van der Waals surface area contributed by atoms with Crippen LogP contribution in [0, 0.1) is 5.92 Å². The van der Waals surface area contributed by atoms with E-state index in [4.69, 9.17) is 0 Å². The molecule has 0 atom stereocenters. The molecule has 1 rings (SSSR count). The highest BCUT2D eigenvalue weighted by Gasteiger charge is 2.19. The van der Waals surface area contributed by atoms with Crippen molar-refractivity contribution in [3.05, 3.63) is 20.4 Å². The average Bonchev–Trinajstić information content (AvgIpc) is 2.26. The monoisotopic (exact) mass is 224 g/mol. The van der Waals surface area contributed by atoms with E-state index in [-0.39, 0.29) is 11.7 Å². The molecule has 0 spiro atoms. The van der Waals surface area contributed by atoms with E-state index in [1.54, 1.807) is 7.05 Å². The summed E-state index contributed by atoms with van der Waals surface area (Å²) in [5.74, 6) is 0.135. The third kappa shape index (κ3) is 2.29. The molecule has 0 amide bonds. The number of carbonyl (C=O) groups is 1. The maximum atomic E-state index is 11.3. The summed E-state index contributed by atoms with van der Waals surface area (Å²) >= 11 is 0. The normalized spacial score (nSPS) is 10.8. The van der Waals surface area contributed by atoms with Crippen LogP contribution in [0.25, 0.3) is 0 Å². The van der Waals surface area contributed by atoms with Gasteiger partial charge in [-0.05, 0) is 0 Å². The number of anilines is 2. The lowest BCUT2D eigenvalue weighted by atomic mass is 10.1. The quantitative estimate of drug-likeness (QED) is 0.682. The van der Waals surface area contributed by atoms with Crippen molar-refractivity contribution in [3.8, 4) is 0 Å². The van der Waals surface area contributed by atoms with Crippen LogP contribution in [0.4, 0.5) is 11.4 Å². The van der Waals surface area contributed by atoms with Crippen LogP contribution < -0.4 is 21.5 Å². The zero-order chi connectivity index (χ0) is 12.3. The summed E-state index contributed by atoms with van der Waals surface area (Å²) in [7, 11) is 1.58. The van der Waals surface area contributed by atoms with E-state index in [1.165, 1.54) is 0 Å². The minimum absolute atomic E-state index is 0.00160. The van der Waals surface area contributed by atoms with Crippen LogP contribution >= 0.6 is 0 Å². The van der Waals surface area contributed by atoms with Crippen molar-refractivity contribution in [1.82, 2.24) is 0 Å². The van der Waals surface area contributed by atoms with E-state index < -0.39 is 10.9 Å². The van der Waals surface area contributed by atoms with Crippen LogP contribution in [0.1, 0.15) is 20.3 Å². The molecule has 0 saturated heterocycles. The number of hydrogen-bond acceptors (Lipinski definition) is 5. The Kier molecular flexibility index (Phi) is 3.82. The molecule has 5 nitrogen and oxygen atoms in total. The molecule has 0 saturated carbocycles. The fourth-order valence-corrected chi connectivity index (χ4v) is 1.40. The van der Waals surface area contributed by atoms with Gasteiger partial charge in [0.2, 0.25) is 0 Å². The maximum Gasteiger partial charge on any atom is 0.253 e. The van der Waals surface area contributed by atoms with Crippen molar-refractivity contribution >= 4 is 17.2 Å². The predicted octanol–water partition coefficient (Wildman–Crippen LogP) is 0.351. The van der Waals surface area contributed by atoms with Crippen LogP contribution in [0.15, 0.2) is 9.59 Å². The molecule has 0 fully saturated rings. The van der Waals surface area contributed by atoms with Crippen LogP contribution in [-0.2, 0) is 4.79 Å². The number of ketones is 1.